The number of hydrogen-bond acceptors (Lipinski definition) is 1. The van der Waals surface area contributed by atoms with Gasteiger partial charge in [0.2, 0.25) is 0 Å². The van der Waals surface area contributed by atoms with Crippen LogP contribution in [0.5, 0.6) is 0 Å². The molecule has 1 nitrogen and oxygen atoms in total. The molecule has 1 saturated carbocycles. The molecule has 16 heavy (non-hydrogen) atoms. The minimum atomic E-state index is -4.69. The Labute approximate surface area is 90.3 Å². The SMILES string of the molecule is N[C@@H](c1cccc(F)c1C(F)(F)F)C1CC1. The van der Waals surface area contributed by atoms with Crippen LogP contribution in [-0.2, 0) is 6.18 Å². The van der Waals surface area contributed by atoms with Crippen molar-refractivity contribution in [3.63, 3.8) is 0 Å². The Morgan fingerprint density at radius 3 is 2.38 bits per heavy atom. The lowest BCUT2D eigenvalue weighted by Gasteiger charge is -2.18. The van der Waals surface area contributed by atoms with E-state index in [4.69, 9.17) is 5.73 Å². The first-order chi connectivity index (χ1) is 7.41. The summed E-state index contributed by atoms with van der Waals surface area (Å²) < 4.78 is 51.2. The second kappa shape index (κ2) is 3.73. The van der Waals surface area contributed by atoms with Crippen molar-refractivity contribution in [2.45, 2.75) is 25.1 Å². The van der Waals surface area contributed by atoms with E-state index in [-0.39, 0.29) is 11.5 Å². The van der Waals surface area contributed by atoms with Crippen molar-refractivity contribution in [1.82, 2.24) is 0 Å². The van der Waals surface area contributed by atoms with Crippen LogP contribution < -0.4 is 5.73 Å². The van der Waals surface area contributed by atoms with E-state index in [0.29, 0.717) is 0 Å². The summed E-state index contributed by atoms with van der Waals surface area (Å²) in [6, 6.07) is 2.62. The number of benzene rings is 1. The van der Waals surface area contributed by atoms with E-state index in [1.165, 1.54) is 12.1 Å². The van der Waals surface area contributed by atoms with Gasteiger partial charge in [-0.3, -0.25) is 0 Å². The zero-order valence-corrected chi connectivity index (χ0v) is 8.39. The molecule has 0 bridgehead atoms. The van der Waals surface area contributed by atoms with Crippen molar-refractivity contribution in [2.75, 3.05) is 0 Å². The molecule has 1 atom stereocenters. The van der Waals surface area contributed by atoms with Crippen molar-refractivity contribution in [3.8, 4) is 0 Å². The minimum Gasteiger partial charge on any atom is -0.324 e. The fourth-order valence-corrected chi connectivity index (χ4v) is 1.83. The zero-order chi connectivity index (χ0) is 11.9. The number of nitrogens with two attached hydrogens (primary N) is 1. The second-order valence-corrected chi connectivity index (χ2v) is 4.07. The van der Waals surface area contributed by atoms with E-state index in [9.17, 15) is 17.6 Å². The topological polar surface area (TPSA) is 26.0 Å². The standard InChI is InChI=1S/C11H11F4N/c12-8-3-1-2-7(9(8)11(13,14)15)10(16)6-4-5-6/h1-3,6,10H,4-5,16H2/t10-/m1/s1. The zero-order valence-electron chi connectivity index (χ0n) is 8.39. The molecule has 0 saturated heterocycles. The molecule has 0 aromatic heterocycles. The van der Waals surface area contributed by atoms with Crippen LogP contribution in [0, 0.1) is 11.7 Å². The van der Waals surface area contributed by atoms with Gasteiger partial charge in [0.05, 0.1) is 5.56 Å². The van der Waals surface area contributed by atoms with E-state index in [1.807, 2.05) is 0 Å². The van der Waals surface area contributed by atoms with Crippen LogP contribution in [-0.4, -0.2) is 0 Å². The first kappa shape index (κ1) is 11.4. The van der Waals surface area contributed by atoms with Gasteiger partial charge in [0.25, 0.3) is 0 Å². The van der Waals surface area contributed by atoms with Crippen LogP contribution in [0.4, 0.5) is 17.6 Å². The van der Waals surface area contributed by atoms with Crippen molar-refractivity contribution in [3.05, 3.63) is 35.1 Å². The highest BCUT2D eigenvalue weighted by Gasteiger charge is 2.40. The van der Waals surface area contributed by atoms with Crippen LogP contribution in [0.25, 0.3) is 0 Å². The van der Waals surface area contributed by atoms with Crippen LogP contribution >= 0.6 is 0 Å². The molecule has 0 aliphatic heterocycles. The average Bonchev–Trinajstić information content (AvgIpc) is 2.97. The second-order valence-electron chi connectivity index (χ2n) is 4.07. The van der Waals surface area contributed by atoms with Crippen LogP contribution in [0.2, 0.25) is 0 Å². The third-order valence-electron chi connectivity index (χ3n) is 2.82. The quantitative estimate of drug-likeness (QED) is 0.779. The first-order valence-electron chi connectivity index (χ1n) is 5.02. The Morgan fingerprint density at radius 2 is 1.88 bits per heavy atom. The lowest BCUT2D eigenvalue weighted by atomic mass is 9.97. The Kier molecular flexibility index (Phi) is 2.66. The molecule has 1 aromatic carbocycles. The molecule has 5 heteroatoms. The molecule has 0 radical (unpaired) electrons. The normalized spacial score (nSPS) is 18.6. The summed E-state index contributed by atoms with van der Waals surface area (Å²) in [4.78, 5) is 0. The maximum absolute atomic E-state index is 13.2. The van der Waals surface area contributed by atoms with Gasteiger partial charge >= 0.3 is 6.18 Å². The molecule has 0 spiro atoms. The maximum atomic E-state index is 13.2. The van der Waals surface area contributed by atoms with E-state index in [2.05, 4.69) is 0 Å². The first-order valence-corrected chi connectivity index (χ1v) is 5.02. The summed E-state index contributed by atoms with van der Waals surface area (Å²) in [5.41, 5.74) is 4.36. The summed E-state index contributed by atoms with van der Waals surface area (Å²) in [7, 11) is 0. The third-order valence-corrected chi connectivity index (χ3v) is 2.82. The van der Waals surface area contributed by atoms with Gasteiger partial charge in [0.15, 0.2) is 0 Å². The molecule has 1 aromatic rings. The predicted molar refractivity (Wildman–Crippen MR) is 51.1 cm³/mol. The molecule has 0 heterocycles. The lowest BCUT2D eigenvalue weighted by Crippen LogP contribution is -2.20. The average molecular weight is 233 g/mol. The van der Waals surface area contributed by atoms with Crippen molar-refractivity contribution < 1.29 is 17.6 Å². The highest BCUT2D eigenvalue weighted by Crippen LogP contribution is 2.44. The van der Waals surface area contributed by atoms with Gasteiger partial charge in [-0.15, -0.1) is 0 Å². The van der Waals surface area contributed by atoms with Gasteiger partial charge in [-0.2, -0.15) is 13.2 Å². The number of hydrogen-bond donors (Lipinski definition) is 1. The summed E-state index contributed by atoms with van der Waals surface area (Å²) in [6.45, 7) is 0. The molecular weight excluding hydrogens is 222 g/mol. The highest BCUT2D eigenvalue weighted by atomic mass is 19.4. The lowest BCUT2D eigenvalue weighted by molar-refractivity contribution is -0.140. The van der Waals surface area contributed by atoms with E-state index in [1.54, 1.807) is 0 Å². The molecule has 1 fully saturated rings. The highest BCUT2D eigenvalue weighted by molar-refractivity contribution is 5.34. The Bertz CT molecular complexity index is 395. The number of rotatable bonds is 2. The molecule has 88 valence electrons. The molecule has 0 unspecified atom stereocenters. The minimum absolute atomic E-state index is 0.0582. The summed E-state index contributed by atoms with van der Waals surface area (Å²) in [6.07, 6.45) is -3.06. The van der Waals surface area contributed by atoms with Crippen LogP contribution in [0.1, 0.15) is 30.0 Å². The van der Waals surface area contributed by atoms with E-state index >= 15 is 0 Å². The van der Waals surface area contributed by atoms with E-state index < -0.39 is 23.6 Å². The number of halogens is 4. The van der Waals surface area contributed by atoms with Gasteiger partial charge in [-0.1, -0.05) is 12.1 Å². The monoisotopic (exact) mass is 233 g/mol. The molecule has 0 amide bonds. The van der Waals surface area contributed by atoms with Crippen molar-refractivity contribution >= 4 is 0 Å². The van der Waals surface area contributed by atoms with Crippen LogP contribution in [0.15, 0.2) is 18.2 Å². The molecule has 2 rings (SSSR count). The molecular formula is C11H11F4N. The van der Waals surface area contributed by atoms with Gasteiger partial charge in [0, 0.05) is 6.04 Å². The molecule has 1 aliphatic rings. The molecule has 1 aliphatic carbocycles. The van der Waals surface area contributed by atoms with Gasteiger partial charge in [0.1, 0.15) is 5.82 Å². The Hall–Kier alpha value is -1.10. The van der Waals surface area contributed by atoms with Gasteiger partial charge in [-0.05, 0) is 30.4 Å². The van der Waals surface area contributed by atoms with Crippen molar-refractivity contribution in [1.29, 1.82) is 0 Å². The van der Waals surface area contributed by atoms with Gasteiger partial charge in [-0.25, -0.2) is 4.39 Å². The van der Waals surface area contributed by atoms with Crippen molar-refractivity contribution in [2.24, 2.45) is 11.7 Å². The Balaban J connectivity index is 2.47. The maximum Gasteiger partial charge on any atom is 0.419 e. The largest absolute Gasteiger partial charge is 0.419 e. The summed E-state index contributed by atoms with van der Waals surface area (Å²) >= 11 is 0. The predicted octanol–water partition coefficient (Wildman–Crippen LogP) is 3.25. The third kappa shape index (κ3) is 2.04. The fraction of sp³-hybridized carbons (Fsp3) is 0.455. The smallest absolute Gasteiger partial charge is 0.324 e. The number of alkyl halides is 3. The molecule has 2 N–H and O–H groups in total. The summed E-state index contributed by atoms with van der Waals surface area (Å²) in [5.74, 6) is -1.19. The Morgan fingerprint density at radius 1 is 1.25 bits per heavy atom. The van der Waals surface area contributed by atoms with Crippen LogP contribution in [0.3, 0.4) is 0 Å². The fourth-order valence-electron chi connectivity index (χ4n) is 1.83. The van der Waals surface area contributed by atoms with E-state index in [0.717, 1.165) is 18.9 Å². The van der Waals surface area contributed by atoms with Gasteiger partial charge < -0.3 is 5.73 Å². The summed E-state index contributed by atoms with van der Waals surface area (Å²) in [5, 5.41) is 0.